The fourth-order valence-electron chi connectivity index (χ4n) is 2.81. The van der Waals surface area contributed by atoms with E-state index in [0.717, 1.165) is 36.3 Å². The molecule has 2 unspecified atom stereocenters. The molecule has 1 aromatic carbocycles. The van der Waals surface area contributed by atoms with Gasteiger partial charge in [-0.3, -0.25) is 0 Å². The number of benzene rings is 1. The van der Waals surface area contributed by atoms with Gasteiger partial charge in [-0.05, 0) is 61.7 Å². The smallest absolute Gasteiger partial charge is 0.309 e. The van der Waals surface area contributed by atoms with Crippen LogP contribution in [0.5, 0.6) is 0 Å². The molecule has 0 radical (unpaired) electrons. The molecule has 1 aromatic rings. The molecule has 1 heterocycles. The SMILES string of the molecule is CCCNC(c1ccc(C(F)(F)F)cc1C)C1CCCS1. The van der Waals surface area contributed by atoms with Crippen molar-refractivity contribution in [3.63, 3.8) is 0 Å². The molecule has 2 atom stereocenters. The van der Waals surface area contributed by atoms with Crippen LogP contribution in [-0.4, -0.2) is 17.5 Å². The molecule has 1 aliphatic heterocycles. The molecule has 0 aliphatic carbocycles. The highest BCUT2D eigenvalue weighted by Crippen LogP contribution is 2.38. The zero-order valence-electron chi connectivity index (χ0n) is 12.5. The minimum Gasteiger partial charge on any atom is -0.309 e. The van der Waals surface area contributed by atoms with Crippen LogP contribution in [0.25, 0.3) is 0 Å². The Morgan fingerprint density at radius 3 is 2.67 bits per heavy atom. The van der Waals surface area contributed by atoms with E-state index in [2.05, 4.69) is 12.2 Å². The molecule has 1 saturated heterocycles. The molecule has 1 aliphatic rings. The van der Waals surface area contributed by atoms with Gasteiger partial charge in [-0.15, -0.1) is 0 Å². The van der Waals surface area contributed by atoms with E-state index < -0.39 is 11.7 Å². The fourth-order valence-corrected chi connectivity index (χ4v) is 4.21. The summed E-state index contributed by atoms with van der Waals surface area (Å²) in [6.45, 7) is 4.78. The van der Waals surface area contributed by atoms with Gasteiger partial charge in [-0.1, -0.05) is 13.0 Å². The molecule has 0 bridgehead atoms. The summed E-state index contributed by atoms with van der Waals surface area (Å²) in [6.07, 6.45) is -0.920. The molecule has 1 nitrogen and oxygen atoms in total. The number of thioether (sulfide) groups is 1. The summed E-state index contributed by atoms with van der Waals surface area (Å²) in [4.78, 5) is 0. The first-order chi connectivity index (χ1) is 9.93. The summed E-state index contributed by atoms with van der Waals surface area (Å²) in [5, 5.41) is 3.99. The lowest BCUT2D eigenvalue weighted by atomic mass is 9.94. The van der Waals surface area contributed by atoms with Crippen LogP contribution in [0.4, 0.5) is 13.2 Å². The van der Waals surface area contributed by atoms with Gasteiger partial charge in [0.05, 0.1) is 5.56 Å². The first-order valence-electron chi connectivity index (χ1n) is 7.46. The Morgan fingerprint density at radius 2 is 2.14 bits per heavy atom. The third-order valence-corrected chi connectivity index (χ3v) is 5.34. The fraction of sp³-hybridized carbons (Fsp3) is 0.625. The number of hydrogen-bond donors (Lipinski definition) is 1. The second-order valence-corrected chi connectivity index (χ2v) is 6.90. The molecule has 5 heteroatoms. The minimum absolute atomic E-state index is 0.153. The normalized spacial score (nSPS) is 20.7. The predicted octanol–water partition coefficient (Wildman–Crippen LogP) is 4.95. The highest BCUT2D eigenvalue weighted by Gasteiger charge is 2.32. The highest BCUT2D eigenvalue weighted by atomic mass is 32.2. The Bertz CT molecular complexity index is 467. The lowest BCUT2D eigenvalue weighted by Gasteiger charge is -2.26. The standard InChI is InChI=1S/C16H22F3NS/c1-3-8-20-15(14-5-4-9-21-14)13-7-6-12(10-11(13)2)16(17,18)19/h6-7,10,14-15,20H,3-5,8-9H2,1-2H3. The Hall–Kier alpha value is -0.680. The van der Waals surface area contributed by atoms with E-state index in [1.54, 1.807) is 13.0 Å². The average molecular weight is 317 g/mol. The Morgan fingerprint density at radius 1 is 1.38 bits per heavy atom. The van der Waals surface area contributed by atoms with Crippen LogP contribution < -0.4 is 5.32 Å². The first kappa shape index (κ1) is 16.7. The highest BCUT2D eigenvalue weighted by molar-refractivity contribution is 8.00. The molecular weight excluding hydrogens is 295 g/mol. The second-order valence-electron chi connectivity index (χ2n) is 5.55. The summed E-state index contributed by atoms with van der Waals surface area (Å²) >= 11 is 1.93. The third kappa shape index (κ3) is 4.16. The van der Waals surface area contributed by atoms with Gasteiger partial charge in [0.2, 0.25) is 0 Å². The number of hydrogen-bond acceptors (Lipinski definition) is 2. The average Bonchev–Trinajstić information content (AvgIpc) is 2.93. The van der Waals surface area contributed by atoms with Crippen LogP contribution in [0.1, 0.15) is 48.9 Å². The summed E-state index contributed by atoms with van der Waals surface area (Å²) in [6, 6.07) is 4.29. The lowest BCUT2D eigenvalue weighted by molar-refractivity contribution is -0.137. The molecule has 0 saturated carbocycles. The molecular formula is C16H22F3NS. The van der Waals surface area contributed by atoms with Crippen LogP contribution in [0.3, 0.4) is 0 Å². The molecule has 0 spiro atoms. The molecule has 0 aromatic heterocycles. The van der Waals surface area contributed by atoms with Crippen molar-refractivity contribution in [2.24, 2.45) is 0 Å². The van der Waals surface area contributed by atoms with Crippen LogP contribution in [0.2, 0.25) is 0 Å². The molecule has 1 fully saturated rings. The van der Waals surface area contributed by atoms with Crippen LogP contribution in [0, 0.1) is 6.92 Å². The quantitative estimate of drug-likeness (QED) is 0.824. The van der Waals surface area contributed by atoms with E-state index >= 15 is 0 Å². The van der Waals surface area contributed by atoms with E-state index in [1.807, 2.05) is 11.8 Å². The Labute approximate surface area is 128 Å². The second kappa shape index (κ2) is 7.05. The molecule has 2 rings (SSSR count). The van der Waals surface area contributed by atoms with Crippen LogP contribution in [0.15, 0.2) is 18.2 Å². The van der Waals surface area contributed by atoms with Gasteiger partial charge >= 0.3 is 6.18 Å². The van der Waals surface area contributed by atoms with Crippen molar-refractivity contribution in [1.82, 2.24) is 5.32 Å². The van der Waals surface area contributed by atoms with Gasteiger partial charge in [0.1, 0.15) is 0 Å². The van der Waals surface area contributed by atoms with Crippen molar-refractivity contribution in [3.8, 4) is 0 Å². The third-order valence-electron chi connectivity index (χ3n) is 3.88. The van der Waals surface area contributed by atoms with Gasteiger partial charge < -0.3 is 5.32 Å². The van der Waals surface area contributed by atoms with Gasteiger partial charge in [-0.2, -0.15) is 24.9 Å². The number of rotatable bonds is 5. The van der Waals surface area contributed by atoms with Crippen molar-refractivity contribution in [1.29, 1.82) is 0 Å². The van der Waals surface area contributed by atoms with Gasteiger partial charge in [0, 0.05) is 11.3 Å². The van der Waals surface area contributed by atoms with Gasteiger partial charge in [-0.25, -0.2) is 0 Å². The molecule has 0 amide bonds. The van der Waals surface area contributed by atoms with Gasteiger partial charge in [0.15, 0.2) is 0 Å². The van der Waals surface area contributed by atoms with E-state index in [1.165, 1.54) is 18.6 Å². The maximum absolute atomic E-state index is 12.8. The van der Waals surface area contributed by atoms with E-state index in [4.69, 9.17) is 0 Å². The summed E-state index contributed by atoms with van der Waals surface area (Å²) < 4.78 is 38.4. The number of aryl methyl sites for hydroxylation is 1. The topological polar surface area (TPSA) is 12.0 Å². The lowest BCUT2D eigenvalue weighted by Crippen LogP contribution is -2.30. The molecule has 118 valence electrons. The zero-order valence-corrected chi connectivity index (χ0v) is 13.3. The molecule has 1 N–H and O–H groups in total. The van der Waals surface area contributed by atoms with E-state index in [0.29, 0.717) is 5.25 Å². The van der Waals surface area contributed by atoms with Crippen molar-refractivity contribution >= 4 is 11.8 Å². The number of halogens is 3. The van der Waals surface area contributed by atoms with Crippen LogP contribution in [-0.2, 0) is 6.18 Å². The maximum atomic E-state index is 12.8. The van der Waals surface area contributed by atoms with Crippen molar-refractivity contribution in [2.45, 2.75) is 50.6 Å². The first-order valence-corrected chi connectivity index (χ1v) is 8.51. The van der Waals surface area contributed by atoms with E-state index in [9.17, 15) is 13.2 Å². The van der Waals surface area contributed by atoms with Crippen molar-refractivity contribution in [3.05, 3.63) is 34.9 Å². The summed E-state index contributed by atoms with van der Waals surface area (Å²) in [7, 11) is 0. The van der Waals surface area contributed by atoms with Crippen molar-refractivity contribution in [2.75, 3.05) is 12.3 Å². The molecule has 21 heavy (non-hydrogen) atoms. The number of alkyl halides is 3. The summed E-state index contributed by atoms with van der Waals surface area (Å²) in [5.74, 6) is 1.15. The van der Waals surface area contributed by atoms with Crippen LogP contribution >= 0.6 is 11.8 Å². The maximum Gasteiger partial charge on any atom is 0.416 e. The van der Waals surface area contributed by atoms with Crippen molar-refractivity contribution < 1.29 is 13.2 Å². The monoisotopic (exact) mass is 317 g/mol. The zero-order chi connectivity index (χ0) is 15.5. The summed E-state index contributed by atoms with van der Waals surface area (Å²) in [5.41, 5.74) is 1.18. The Balaban J connectivity index is 2.26. The van der Waals surface area contributed by atoms with Gasteiger partial charge in [0.25, 0.3) is 0 Å². The predicted molar refractivity (Wildman–Crippen MR) is 82.7 cm³/mol. The Kier molecular flexibility index (Phi) is 5.60. The van der Waals surface area contributed by atoms with E-state index in [-0.39, 0.29) is 6.04 Å². The number of nitrogens with one attached hydrogen (secondary N) is 1. The largest absolute Gasteiger partial charge is 0.416 e. The minimum atomic E-state index is -4.27.